The van der Waals surface area contributed by atoms with Gasteiger partial charge in [0.1, 0.15) is 17.3 Å². The van der Waals surface area contributed by atoms with Crippen molar-refractivity contribution >= 4 is 17.6 Å². The van der Waals surface area contributed by atoms with Crippen molar-refractivity contribution in [3.63, 3.8) is 0 Å². The maximum atomic E-state index is 12.0. The van der Waals surface area contributed by atoms with Crippen LogP contribution >= 0.6 is 11.6 Å². The van der Waals surface area contributed by atoms with Crippen molar-refractivity contribution in [2.45, 2.75) is 32.3 Å². The van der Waals surface area contributed by atoms with Crippen LogP contribution in [-0.2, 0) is 17.6 Å². The standard InChI is InChI=1S/C34H30ClNO5/c1-23-31(36-32(40-23)27-12-10-26(11-13-27)25-6-4-3-5-7-25)20-21-39-29-16-8-24(9-17-29)22-34(2,33(37)38)41-30-18-14-28(35)15-19-30/h3-19H,20-22H2,1-2H3,(H,37,38). The quantitative estimate of drug-likeness (QED) is 0.174. The largest absolute Gasteiger partial charge is 0.493 e. The molecule has 1 atom stereocenters. The van der Waals surface area contributed by atoms with Gasteiger partial charge < -0.3 is 19.0 Å². The molecular formula is C34H30ClNO5. The molecule has 6 nitrogen and oxygen atoms in total. The number of rotatable bonds is 11. The molecule has 5 aromatic rings. The number of carboxylic acids is 1. The molecule has 0 saturated carbocycles. The van der Waals surface area contributed by atoms with E-state index < -0.39 is 11.6 Å². The number of aromatic nitrogens is 1. The molecule has 1 unspecified atom stereocenters. The van der Waals surface area contributed by atoms with E-state index >= 15 is 0 Å². The second-order valence-electron chi connectivity index (χ2n) is 9.98. The Bertz CT molecular complexity index is 1600. The fourth-order valence-corrected chi connectivity index (χ4v) is 4.62. The smallest absolute Gasteiger partial charge is 0.348 e. The highest BCUT2D eigenvalue weighted by Gasteiger charge is 2.36. The van der Waals surface area contributed by atoms with E-state index in [1.165, 1.54) is 0 Å². The van der Waals surface area contributed by atoms with Gasteiger partial charge in [0.15, 0.2) is 0 Å². The summed E-state index contributed by atoms with van der Waals surface area (Å²) in [4.78, 5) is 16.7. The van der Waals surface area contributed by atoms with Crippen LogP contribution in [0, 0.1) is 6.92 Å². The highest BCUT2D eigenvalue weighted by Crippen LogP contribution is 2.27. The number of hydrogen-bond donors (Lipinski definition) is 1. The summed E-state index contributed by atoms with van der Waals surface area (Å²) in [6.07, 6.45) is 0.768. The third-order valence-electron chi connectivity index (χ3n) is 6.81. The number of halogens is 1. The molecule has 0 fully saturated rings. The van der Waals surface area contributed by atoms with Gasteiger partial charge in [0.05, 0.1) is 12.3 Å². The van der Waals surface area contributed by atoms with E-state index in [0.717, 1.165) is 33.7 Å². The second kappa shape index (κ2) is 12.3. The molecule has 0 spiro atoms. The average Bonchev–Trinajstić information content (AvgIpc) is 3.36. The number of nitrogens with zero attached hydrogens (tertiary/aromatic N) is 1. The third-order valence-corrected chi connectivity index (χ3v) is 7.07. The minimum atomic E-state index is -1.44. The molecule has 1 aromatic heterocycles. The van der Waals surface area contributed by atoms with Crippen LogP contribution in [0.2, 0.25) is 5.02 Å². The molecule has 0 radical (unpaired) electrons. The summed E-state index contributed by atoms with van der Waals surface area (Å²) in [5.41, 5.74) is 3.44. The van der Waals surface area contributed by atoms with E-state index in [1.807, 2.05) is 61.5 Å². The predicted octanol–water partition coefficient (Wildman–Crippen LogP) is 8.06. The van der Waals surface area contributed by atoms with Crippen molar-refractivity contribution in [2.24, 2.45) is 0 Å². The van der Waals surface area contributed by atoms with E-state index in [2.05, 4.69) is 24.3 Å². The summed E-state index contributed by atoms with van der Waals surface area (Å²) in [6, 6.07) is 32.4. The predicted molar refractivity (Wildman–Crippen MR) is 160 cm³/mol. The molecule has 7 heteroatoms. The number of ether oxygens (including phenoxy) is 2. The SMILES string of the molecule is Cc1oc(-c2ccc(-c3ccccc3)cc2)nc1CCOc1ccc(CC(C)(Oc2ccc(Cl)cc2)C(=O)O)cc1. The van der Waals surface area contributed by atoms with Crippen molar-refractivity contribution in [2.75, 3.05) is 6.61 Å². The van der Waals surface area contributed by atoms with Crippen LogP contribution in [-0.4, -0.2) is 28.3 Å². The van der Waals surface area contributed by atoms with Gasteiger partial charge in [-0.25, -0.2) is 9.78 Å². The Kier molecular flexibility index (Phi) is 8.41. The minimum absolute atomic E-state index is 0.179. The van der Waals surface area contributed by atoms with E-state index in [1.54, 1.807) is 31.2 Å². The zero-order chi connectivity index (χ0) is 28.8. The van der Waals surface area contributed by atoms with Crippen LogP contribution in [0.3, 0.4) is 0 Å². The minimum Gasteiger partial charge on any atom is -0.493 e. The van der Waals surface area contributed by atoms with Crippen LogP contribution in [0.5, 0.6) is 11.5 Å². The first kappa shape index (κ1) is 28.0. The van der Waals surface area contributed by atoms with Crippen molar-refractivity contribution in [3.8, 4) is 34.1 Å². The molecule has 0 bridgehead atoms. The summed E-state index contributed by atoms with van der Waals surface area (Å²) in [5, 5.41) is 10.4. The van der Waals surface area contributed by atoms with Gasteiger partial charge in [0.25, 0.3) is 0 Å². The molecule has 208 valence electrons. The number of hydrogen-bond acceptors (Lipinski definition) is 5. The highest BCUT2D eigenvalue weighted by molar-refractivity contribution is 6.30. The van der Waals surface area contributed by atoms with Crippen LogP contribution in [0.4, 0.5) is 0 Å². The van der Waals surface area contributed by atoms with Crippen LogP contribution < -0.4 is 9.47 Å². The van der Waals surface area contributed by atoms with Crippen LogP contribution in [0.15, 0.2) is 108 Å². The molecule has 0 aliphatic rings. The first-order valence-electron chi connectivity index (χ1n) is 13.3. The number of carboxylic acid groups (broad SMARTS) is 1. The van der Waals surface area contributed by atoms with E-state index in [0.29, 0.717) is 35.4 Å². The lowest BCUT2D eigenvalue weighted by Gasteiger charge is -2.26. The second-order valence-corrected chi connectivity index (χ2v) is 10.4. The van der Waals surface area contributed by atoms with E-state index in [4.69, 9.17) is 30.5 Å². The lowest BCUT2D eigenvalue weighted by Crippen LogP contribution is -2.43. The first-order chi connectivity index (χ1) is 19.8. The zero-order valence-electron chi connectivity index (χ0n) is 22.8. The number of oxazole rings is 1. The fourth-order valence-electron chi connectivity index (χ4n) is 4.50. The van der Waals surface area contributed by atoms with Crippen molar-refractivity contribution < 1.29 is 23.8 Å². The van der Waals surface area contributed by atoms with Crippen molar-refractivity contribution in [3.05, 3.63) is 125 Å². The molecule has 5 rings (SSSR count). The van der Waals surface area contributed by atoms with Gasteiger partial charge in [-0.3, -0.25) is 0 Å². The molecular weight excluding hydrogens is 538 g/mol. The van der Waals surface area contributed by atoms with Gasteiger partial charge in [-0.2, -0.15) is 0 Å². The number of carbonyl (C=O) groups is 1. The summed E-state index contributed by atoms with van der Waals surface area (Å²) >= 11 is 5.93. The maximum Gasteiger partial charge on any atom is 0.348 e. The Morgan fingerprint density at radius 3 is 2.12 bits per heavy atom. The van der Waals surface area contributed by atoms with E-state index in [-0.39, 0.29) is 6.42 Å². The average molecular weight is 568 g/mol. The molecule has 1 N–H and O–H groups in total. The zero-order valence-corrected chi connectivity index (χ0v) is 23.6. The normalized spacial score (nSPS) is 12.5. The van der Waals surface area contributed by atoms with Crippen LogP contribution in [0.25, 0.3) is 22.6 Å². The van der Waals surface area contributed by atoms with E-state index in [9.17, 15) is 9.90 Å². The van der Waals surface area contributed by atoms with Gasteiger partial charge in [-0.1, -0.05) is 66.2 Å². The topological polar surface area (TPSA) is 81.8 Å². The van der Waals surface area contributed by atoms with Gasteiger partial charge in [0, 0.05) is 23.4 Å². The Morgan fingerprint density at radius 2 is 1.46 bits per heavy atom. The Balaban J connectivity index is 1.16. The Labute approximate surface area is 244 Å². The summed E-state index contributed by atoms with van der Waals surface area (Å²) in [5.74, 6) is 1.42. The third kappa shape index (κ3) is 6.97. The molecule has 0 aliphatic carbocycles. The van der Waals surface area contributed by atoms with Gasteiger partial charge >= 0.3 is 5.97 Å². The Hall–Kier alpha value is -4.55. The van der Waals surface area contributed by atoms with Gasteiger partial charge in [-0.05, 0) is 79.1 Å². The van der Waals surface area contributed by atoms with Crippen molar-refractivity contribution in [1.82, 2.24) is 4.98 Å². The molecule has 0 amide bonds. The van der Waals surface area contributed by atoms with Crippen molar-refractivity contribution in [1.29, 1.82) is 0 Å². The summed E-state index contributed by atoms with van der Waals surface area (Å²) < 4.78 is 17.7. The molecule has 0 saturated heterocycles. The fraction of sp³-hybridized carbons (Fsp3) is 0.176. The van der Waals surface area contributed by atoms with Gasteiger partial charge in [0.2, 0.25) is 11.5 Å². The monoisotopic (exact) mass is 567 g/mol. The van der Waals surface area contributed by atoms with Crippen LogP contribution in [0.1, 0.15) is 23.9 Å². The maximum absolute atomic E-state index is 12.0. The number of aryl methyl sites for hydroxylation is 1. The lowest BCUT2D eigenvalue weighted by molar-refractivity contribution is -0.153. The number of aliphatic carboxylic acids is 1. The van der Waals surface area contributed by atoms with Gasteiger partial charge in [-0.15, -0.1) is 0 Å². The number of benzene rings is 4. The molecule has 41 heavy (non-hydrogen) atoms. The molecule has 0 aliphatic heterocycles. The highest BCUT2D eigenvalue weighted by atomic mass is 35.5. The first-order valence-corrected chi connectivity index (χ1v) is 13.7. The lowest BCUT2D eigenvalue weighted by atomic mass is 9.96. The summed E-state index contributed by atoms with van der Waals surface area (Å²) in [7, 11) is 0. The summed E-state index contributed by atoms with van der Waals surface area (Å²) in [6.45, 7) is 3.89. The molecule has 1 heterocycles. The Morgan fingerprint density at radius 1 is 0.854 bits per heavy atom. The molecule has 4 aromatic carbocycles.